The van der Waals surface area contributed by atoms with Gasteiger partial charge in [0.2, 0.25) is 5.91 Å². The molecule has 0 aliphatic rings. The molecule has 106 valence electrons. The lowest BCUT2D eigenvalue weighted by Gasteiger charge is -2.22. The summed E-state index contributed by atoms with van der Waals surface area (Å²) in [6, 6.07) is 5.90. The van der Waals surface area contributed by atoms with Crippen LogP contribution in [-0.4, -0.2) is 19.6 Å². The molecule has 1 aromatic rings. The van der Waals surface area contributed by atoms with Crippen molar-refractivity contribution in [3.63, 3.8) is 0 Å². The van der Waals surface area contributed by atoms with Crippen LogP contribution in [0.5, 0.6) is 5.75 Å². The lowest BCUT2D eigenvalue weighted by atomic mass is 9.88. The number of aryl methyl sites for hydroxylation is 1. The van der Waals surface area contributed by atoms with Crippen LogP contribution in [0.3, 0.4) is 0 Å². The predicted octanol–water partition coefficient (Wildman–Crippen LogP) is 1.99. The number of ether oxygens (including phenoxy) is 1. The summed E-state index contributed by atoms with van der Waals surface area (Å²) in [6.07, 6.45) is 0.681. The molecule has 0 unspecified atom stereocenters. The summed E-state index contributed by atoms with van der Waals surface area (Å²) in [5.41, 5.74) is 7.23. The van der Waals surface area contributed by atoms with Gasteiger partial charge in [-0.1, -0.05) is 26.0 Å². The van der Waals surface area contributed by atoms with Crippen molar-refractivity contribution in [2.45, 2.75) is 33.7 Å². The van der Waals surface area contributed by atoms with Crippen LogP contribution in [0.25, 0.3) is 0 Å². The molecule has 0 atom stereocenters. The highest BCUT2D eigenvalue weighted by atomic mass is 16.5. The van der Waals surface area contributed by atoms with Gasteiger partial charge in [0, 0.05) is 12.0 Å². The maximum Gasteiger partial charge on any atom is 0.225 e. The average Bonchev–Trinajstić information content (AvgIpc) is 2.36. The van der Waals surface area contributed by atoms with E-state index in [1.807, 2.05) is 39.0 Å². The lowest BCUT2D eigenvalue weighted by molar-refractivity contribution is -0.129. The van der Waals surface area contributed by atoms with E-state index in [1.165, 1.54) is 0 Å². The molecule has 1 aromatic carbocycles. The molecule has 0 spiro atoms. The highest BCUT2D eigenvalue weighted by Gasteiger charge is 2.26. The largest absolute Gasteiger partial charge is 0.496 e. The maximum atomic E-state index is 12.0. The number of amides is 1. The Kier molecular flexibility index (Phi) is 5.36. The monoisotopic (exact) mass is 264 g/mol. The van der Waals surface area contributed by atoms with Crippen molar-refractivity contribution >= 4 is 5.91 Å². The first kappa shape index (κ1) is 15.5. The summed E-state index contributed by atoms with van der Waals surface area (Å²) in [6.45, 7) is 6.85. The smallest absolute Gasteiger partial charge is 0.225 e. The summed E-state index contributed by atoms with van der Waals surface area (Å²) in [4.78, 5) is 12.0. The zero-order valence-electron chi connectivity index (χ0n) is 12.2. The van der Waals surface area contributed by atoms with Crippen LogP contribution in [0.2, 0.25) is 0 Å². The van der Waals surface area contributed by atoms with Crippen molar-refractivity contribution in [3.8, 4) is 5.75 Å². The molecule has 3 N–H and O–H groups in total. The molecule has 1 amide bonds. The summed E-state index contributed by atoms with van der Waals surface area (Å²) < 4.78 is 5.21. The van der Waals surface area contributed by atoms with E-state index in [4.69, 9.17) is 10.5 Å². The number of carbonyl (C=O) groups is 1. The molecule has 0 aromatic heterocycles. The number of hydrogen-bond acceptors (Lipinski definition) is 3. The number of rotatable bonds is 6. The molecule has 0 aliphatic heterocycles. The lowest BCUT2D eigenvalue weighted by Crippen LogP contribution is -2.37. The number of methoxy groups -OCH3 is 1. The van der Waals surface area contributed by atoms with E-state index in [0.29, 0.717) is 19.5 Å². The SMILES string of the molecule is COc1ccc(CNC(=O)C(C)(C)CCN)cc1C. The van der Waals surface area contributed by atoms with Gasteiger partial charge in [0.05, 0.1) is 7.11 Å². The van der Waals surface area contributed by atoms with Crippen LogP contribution >= 0.6 is 0 Å². The molecule has 0 saturated carbocycles. The quantitative estimate of drug-likeness (QED) is 0.826. The van der Waals surface area contributed by atoms with Gasteiger partial charge >= 0.3 is 0 Å². The predicted molar refractivity (Wildman–Crippen MR) is 77.0 cm³/mol. The summed E-state index contributed by atoms with van der Waals surface area (Å²) in [5.74, 6) is 0.893. The Bertz CT molecular complexity index is 442. The molecule has 0 aliphatic carbocycles. The molecule has 4 heteroatoms. The van der Waals surface area contributed by atoms with Gasteiger partial charge < -0.3 is 15.8 Å². The fourth-order valence-corrected chi connectivity index (χ4v) is 1.95. The van der Waals surface area contributed by atoms with E-state index in [1.54, 1.807) is 7.11 Å². The van der Waals surface area contributed by atoms with Crippen LogP contribution in [0, 0.1) is 12.3 Å². The topological polar surface area (TPSA) is 64.3 Å². The van der Waals surface area contributed by atoms with Gasteiger partial charge in [-0.05, 0) is 37.1 Å². The van der Waals surface area contributed by atoms with Gasteiger partial charge in [-0.25, -0.2) is 0 Å². The average molecular weight is 264 g/mol. The van der Waals surface area contributed by atoms with Gasteiger partial charge in [0.25, 0.3) is 0 Å². The Labute approximate surface area is 115 Å². The van der Waals surface area contributed by atoms with Gasteiger partial charge in [-0.15, -0.1) is 0 Å². The highest BCUT2D eigenvalue weighted by molar-refractivity contribution is 5.81. The van der Waals surface area contributed by atoms with Crippen LogP contribution in [-0.2, 0) is 11.3 Å². The molecule has 0 saturated heterocycles. The number of nitrogens with two attached hydrogens (primary N) is 1. The normalized spacial score (nSPS) is 11.2. The Balaban J connectivity index is 2.62. The second kappa shape index (κ2) is 6.57. The summed E-state index contributed by atoms with van der Waals surface area (Å²) in [7, 11) is 1.65. The minimum atomic E-state index is -0.420. The van der Waals surface area contributed by atoms with Gasteiger partial charge in [-0.3, -0.25) is 4.79 Å². The molecule has 0 radical (unpaired) electrons. The van der Waals surface area contributed by atoms with Crippen molar-refractivity contribution in [2.24, 2.45) is 11.1 Å². The van der Waals surface area contributed by atoms with Crippen molar-refractivity contribution in [1.29, 1.82) is 0 Å². The van der Waals surface area contributed by atoms with Gasteiger partial charge in [0.1, 0.15) is 5.75 Å². The number of hydrogen-bond donors (Lipinski definition) is 2. The molecular formula is C15H24N2O2. The summed E-state index contributed by atoms with van der Waals surface area (Å²) >= 11 is 0. The van der Waals surface area contributed by atoms with Crippen molar-refractivity contribution < 1.29 is 9.53 Å². The molecule has 0 heterocycles. The first-order valence-electron chi connectivity index (χ1n) is 6.52. The molecule has 19 heavy (non-hydrogen) atoms. The standard InChI is InChI=1S/C15H24N2O2/c1-11-9-12(5-6-13(11)19-4)10-17-14(18)15(2,3)7-8-16/h5-6,9H,7-8,10,16H2,1-4H3,(H,17,18). The molecular weight excluding hydrogens is 240 g/mol. The van der Waals surface area contributed by atoms with E-state index in [9.17, 15) is 4.79 Å². The maximum absolute atomic E-state index is 12.0. The Hall–Kier alpha value is -1.55. The molecule has 0 fully saturated rings. The summed E-state index contributed by atoms with van der Waals surface area (Å²) in [5, 5.41) is 2.95. The van der Waals surface area contributed by atoms with Crippen LogP contribution in [0.15, 0.2) is 18.2 Å². The highest BCUT2D eigenvalue weighted by Crippen LogP contribution is 2.21. The third kappa shape index (κ3) is 4.24. The van der Waals surface area contributed by atoms with Crippen LogP contribution in [0.4, 0.5) is 0 Å². The number of benzene rings is 1. The van der Waals surface area contributed by atoms with Gasteiger partial charge in [-0.2, -0.15) is 0 Å². The van der Waals surface area contributed by atoms with E-state index in [-0.39, 0.29) is 5.91 Å². The Morgan fingerprint density at radius 1 is 1.42 bits per heavy atom. The van der Waals surface area contributed by atoms with E-state index < -0.39 is 5.41 Å². The van der Waals surface area contributed by atoms with Crippen LogP contribution < -0.4 is 15.8 Å². The second-order valence-corrected chi connectivity index (χ2v) is 5.41. The Morgan fingerprint density at radius 3 is 2.63 bits per heavy atom. The number of nitrogens with one attached hydrogen (secondary N) is 1. The molecule has 0 bridgehead atoms. The van der Waals surface area contributed by atoms with Crippen molar-refractivity contribution in [1.82, 2.24) is 5.32 Å². The Morgan fingerprint density at radius 2 is 2.11 bits per heavy atom. The third-order valence-corrected chi connectivity index (χ3v) is 3.30. The van der Waals surface area contributed by atoms with Crippen LogP contribution in [0.1, 0.15) is 31.4 Å². The molecule has 4 nitrogen and oxygen atoms in total. The zero-order chi connectivity index (χ0) is 14.5. The molecule has 1 rings (SSSR count). The number of carbonyl (C=O) groups excluding carboxylic acids is 1. The minimum absolute atomic E-state index is 0.0337. The first-order valence-corrected chi connectivity index (χ1v) is 6.52. The van der Waals surface area contributed by atoms with Crippen molar-refractivity contribution in [2.75, 3.05) is 13.7 Å². The fourth-order valence-electron chi connectivity index (χ4n) is 1.95. The first-order chi connectivity index (χ1) is 8.90. The minimum Gasteiger partial charge on any atom is -0.496 e. The van der Waals surface area contributed by atoms with Crippen molar-refractivity contribution in [3.05, 3.63) is 29.3 Å². The van der Waals surface area contributed by atoms with Gasteiger partial charge in [0.15, 0.2) is 0 Å². The second-order valence-electron chi connectivity index (χ2n) is 5.41. The fraction of sp³-hybridized carbons (Fsp3) is 0.533. The van der Waals surface area contributed by atoms with E-state index in [2.05, 4.69) is 5.32 Å². The zero-order valence-corrected chi connectivity index (χ0v) is 12.2. The third-order valence-electron chi connectivity index (χ3n) is 3.30. The van der Waals surface area contributed by atoms with E-state index in [0.717, 1.165) is 16.9 Å². The van der Waals surface area contributed by atoms with E-state index >= 15 is 0 Å².